The van der Waals surface area contributed by atoms with Crippen molar-refractivity contribution in [3.05, 3.63) is 152 Å². The molecule has 11 aromatic rings. The van der Waals surface area contributed by atoms with Gasteiger partial charge in [0, 0.05) is 67.8 Å². The lowest BCUT2D eigenvalue weighted by Gasteiger charge is -2.15. The van der Waals surface area contributed by atoms with Crippen LogP contribution in [-0.4, -0.2) is 4.57 Å². The van der Waals surface area contributed by atoms with Crippen LogP contribution in [0.25, 0.3) is 101 Å². The predicted molar refractivity (Wildman–Crippen MR) is 207 cm³/mol. The molecular formula is C44H25NS2. The quantitative estimate of drug-likeness (QED) is 0.167. The monoisotopic (exact) mass is 631 g/mol. The minimum atomic E-state index is 1.18. The van der Waals surface area contributed by atoms with Crippen molar-refractivity contribution < 1.29 is 0 Å². The van der Waals surface area contributed by atoms with E-state index in [0.717, 1.165) is 0 Å². The normalized spacial score (nSPS) is 12.3. The van der Waals surface area contributed by atoms with Crippen LogP contribution in [0.3, 0.4) is 0 Å². The molecule has 0 unspecified atom stereocenters. The van der Waals surface area contributed by atoms with Gasteiger partial charge in [-0.3, -0.25) is 0 Å². The summed E-state index contributed by atoms with van der Waals surface area (Å²) in [7, 11) is 0. The molecule has 0 fully saturated rings. The van der Waals surface area contributed by atoms with Crippen LogP contribution >= 0.6 is 22.7 Å². The number of hydrogen-bond donors (Lipinski definition) is 0. The van der Waals surface area contributed by atoms with Gasteiger partial charge in [-0.15, -0.1) is 22.7 Å². The van der Waals surface area contributed by atoms with Gasteiger partial charge >= 0.3 is 0 Å². The number of aromatic nitrogens is 1. The second-order valence-corrected chi connectivity index (χ2v) is 14.6. The second kappa shape index (κ2) is 9.52. The molecule has 218 valence electrons. The van der Waals surface area contributed by atoms with E-state index in [1.807, 2.05) is 22.7 Å². The lowest BCUT2D eigenvalue weighted by Crippen LogP contribution is -1.93. The molecule has 0 N–H and O–H groups in total. The Balaban J connectivity index is 1.38. The molecule has 3 heterocycles. The average Bonchev–Trinajstić information content (AvgIpc) is 3.80. The van der Waals surface area contributed by atoms with E-state index in [1.54, 1.807) is 0 Å². The Morgan fingerprint density at radius 1 is 0.362 bits per heavy atom. The molecule has 0 amide bonds. The fourth-order valence-electron chi connectivity index (χ4n) is 7.96. The van der Waals surface area contributed by atoms with E-state index in [1.165, 1.54) is 101 Å². The molecule has 0 bridgehead atoms. The third-order valence-electron chi connectivity index (χ3n) is 9.96. The van der Waals surface area contributed by atoms with Crippen LogP contribution in [0.5, 0.6) is 0 Å². The van der Waals surface area contributed by atoms with Gasteiger partial charge in [-0.1, -0.05) is 97.1 Å². The number of benzene rings is 8. The third-order valence-corrected chi connectivity index (χ3v) is 12.3. The number of rotatable bonds is 2. The van der Waals surface area contributed by atoms with E-state index in [4.69, 9.17) is 0 Å². The summed E-state index contributed by atoms with van der Waals surface area (Å²) >= 11 is 3.80. The lowest BCUT2D eigenvalue weighted by atomic mass is 9.89. The van der Waals surface area contributed by atoms with E-state index < -0.39 is 0 Å². The highest BCUT2D eigenvalue weighted by atomic mass is 32.1. The summed E-state index contributed by atoms with van der Waals surface area (Å²) in [5.41, 5.74) is 6.24. The minimum absolute atomic E-state index is 1.18. The Morgan fingerprint density at radius 2 is 1.06 bits per heavy atom. The molecule has 1 nitrogen and oxygen atoms in total. The first-order valence-electron chi connectivity index (χ1n) is 16.0. The van der Waals surface area contributed by atoms with Gasteiger partial charge in [-0.2, -0.15) is 0 Å². The van der Waals surface area contributed by atoms with Crippen LogP contribution in [0, 0.1) is 0 Å². The summed E-state index contributed by atoms with van der Waals surface area (Å²) in [6.07, 6.45) is 0. The van der Waals surface area contributed by atoms with Gasteiger partial charge in [0.15, 0.2) is 0 Å². The van der Waals surface area contributed by atoms with Crippen LogP contribution in [0.1, 0.15) is 0 Å². The summed E-state index contributed by atoms with van der Waals surface area (Å²) in [6, 6.07) is 56.3. The fraction of sp³-hybridized carbons (Fsp3) is 0. The van der Waals surface area contributed by atoms with Crippen molar-refractivity contribution in [2.45, 2.75) is 0 Å². The van der Waals surface area contributed by atoms with Gasteiger partial charge in [-0.25, -0.2) is 0 Å². The van der Waals surface area contributed by atoms with Crippen LogP contribution < -0.4 is 0 Å². The number of hydrogen-bond acceptors (Lipinski definition) is 2. The zero-order chi connectivity index (χ0) is 30.6. The van der Waals surface area contributed by atoms with E-state index in [0.29, 0.717) is 0 Å². The minimum Gasteiger partial charge on any atom is -0.309 e. The molecule has 8 aromatic carbocycles. The maximum absolute atomic E-state index is 2.48. The van der Waals surface area contributed by atoms with Crippen molar-refractivity contribution in [1.82, 2.24) is 4.57 Å². The first-order valence-corrected chi connectivity index (χ1v) is 17.6. The standard InChI is InChI=1S/C44H25NS2/c1-2-11-27(12-3-1)45-37-18-7-4-15-33(37)43-38(45)22-21-30-34-25-35-29-14-6-8-19-39(29)46-41(35)24-26(34)23-36(42(30)43)32-17-10-16-31-28-13-5-9-20-40(28)47-44(31)32/h1-25H. The molecule has 47 heavy (non-hydrogen) atoms. The zero-order valence-electron chi connectivity index (χ0n) is 25.2. The van der Waals surface area contributed by atoms with Gasteiger partial charge in [-0.05, 0) is 76.3 Å². The highest BCUT2D eigenvalue weighted by molar-refractivity contribution is 7.26. The van der Waals surface area contributed by atoms with E-state index in [9.17, 15) is 0 Å². The molecule has 0 atom stereocenters. The molecule has 0 saturated heterocycles. The molecule has 0 aliphatic heterocycles. The summed E-state index contributed by atoms with van der Waals surface area (Å²) in [6.45, 7) is 0. The fourth-order valence-corrected chi connectivity index (χ4v) is 10.3. The SMILES string of the molecule is c1ccc(-n2c3ccccc3c3c4c(-c5cccc6c5sc5ccccc56)cc5cc6sc7ccccc7c6cc5c4ccc32)cc1. The van der Waals surface area contributed by atoms with Gasteiger partial charge in [0.25, 0.3) is 0 Å². The summed E-state index contributed by atoms with van der Waals surface area (Å²) in [5, 5.41) is 13.1. The van der Waals surface area contributed by atoms with Crippen LogP contribution in [0.15, 0.2) is 152 Å². The Bertz CT molecular complexity index is 3070. The molecule has 3 heteroatoms. The van der Waals surface area contributed by atoms with Crippen molar-refractivity contribution in [3.63, 3.8) is 0 Å². The smallest absolute Gasteiger partial charge is 0.0547 e. The van der Waals surface area contributed by atoms with Gasteiger partial charge in [0.2, 0.25) is 0 Å². The maximum Gasteiger partial charge on any atom is 0.0547 e. The number of para-hydroxylation sites is 2. The Labute approximate surface area is 278 Å². The topological polar surface area (TPSA) is 4.93 Å². The summed E-state index contributed by atoms with van der Waals surface area (Å²) in [5.74, 6) is 0. The van der Waals surface area contributed by atoms with E-state index >= 15 is 0 Å². The van der Waals surface area contributed by atoms with E-state index in [2.05, 4.69) is 156 Å². The first kappa shape index (κ1) is 25.7. The number of fused-ring (bicyclic) bond motifs is 13. The molecule has 11 rings (SSSR count). The van der Waals surface area contributed by atoms with E-state index in [-0.39, 0.29) is 0 Å². The lowest BCUT2D eigenvalue weighted by molar-refractivity contribution is 1.18. The van der Waals surface area contributed by atoms with Gasteiger partial charge in [0.05, 0.1) is 11.0 Å². The number of nitrogens with zero attached hydrogens (tertiary/aromatic N) is 1. The van der Waals surface area contributed by atoms with Crippen molar-refractivity contribution in [3.8, 4) is 16.8 Å². The maximum atomic E-state index is 2.48. The zero-order valence-corrected chi connectivity index (χ0v) is 26.8. The Morgan fingerprint density at radius 3 is 1.91 bits per heavy atom. The van der Waals surface area contributed by atoms with Gasteiger partial charge in [0.1, 0.15) is 0 Å². The van der Waals surface area contributed by atoms with Gasteiger partial charge < -0.3 is 4.57 Å². The number of thiophene rings is 2. The van der Waals surface area contributed by atoms with Crippen molar-refractivity contribution in [2.24, 2.45) is 0 Å². The second-order valence-electron chi connectivity index (χ2n) is 12.4. The summed E-state index contributed by atoms with van der Waals surface area (Å²) in [4.78, 5) is 0. The molecular weight excluding hydrogens is 607 g/mol. The van der Waals surface area contributed by atoms with Crippen molar-refractivity contribution in [1.29, 1.82) is 0 Å². The molecule has 0 spiro atoms. The summed E-state index contributed by atoms with van der Waals surface area (Å²) < 4.78 is 7.80. The molecule has 0 aliphatic rings. The highest BCUT2D eigenvalue weighted by Gasteiger charge is 2.21. The predicted octanol–water partition coefficient (Wildman–Crippen LogP) is 13.5. The van der Waals surface area contributed by atoms with Crippen LogP contribution in [0.4, 0.5) is 0 Å². The van der Waals surface area contributed by atoms with Crippen LogP contribution in [-0.2, 0) is 0 Å². The molecule has 0 aliphatic carbocycles. The van der Waals surface area contributed by atoms with Crippen molar-refractivity contribution in [2.75, 3.05) is 0 Å². The van der Waals surface area contributed by atoms with Crippen LogP contribution in [0.2, 0.25) is 0 Å². The molecule has 0 saturated carbocycles. The highest BCUT2D eigenvalue weighted by Crippen LogP contribution is 2.48. The van der Waals surface area contributed by atoms with Crippen molar-refractivity contribution >= 4 is 106 Å². The first-order chi connectivity index (χ1) is 23.3. The Hall–Kier alpha value is -5.48. The Kier molecular flexibility index (Phi) is 5.20. The third kappa shape index (κ3) is 3.53. The largest absolute Gasteiger partial charge is 0.309 e. The average molecular weight is 632 g/mol. The molecule has 3 aromatic heterocycles. The molecule has 0 radical (unpaired) electrons.